The number of carbonyl (C=O) groups excluding carboxylic acids is 2. The van der Waals surface area contributed by atoms with Gasteiger partial charge in [-0.25, -0.2) is 4.68 Å². The van der Waals surface area contributed by atoms with Gasteiger partial charge < -0.3 is 21.1 Å². The average Bonchev–Trinajstić information content (AvgIpc) is 3.12. The van der Waals surface area contributed by atoms with Crippen LogP contribution in [0.25, 0.3) is 0 Å². The largest absolute Gasteiger partial charge is 0.497 e. The van der Waals surface area contributed by atoms with Crippen LogP contribution in [0.5, 0.6) is 5.75 Å². The summed E-state index contributed by atoms with van der Waals surface area (Å²) >= 11 is 0. The van der Waals surface area contributed by atoms with Gasteiger partial charge >= 0.3 is 0 Å². The van der Waals surface area contributed by atoms with Crippen LogP contribution in [0.15, 0.2) is 48.5 Å². The number of carbonyl (C=O) groups is 2. The lowest BCUT2D eigenvalue weighted by molar-refractivity contribution is -0.116. The van der Waals surface area contributed by atoms with E-state index in [4.69, 9.17) is 10.5 Å². The molecule has 0 aliphatic heterocycles. The number of nitrogens with zero attached hydrogens (tertiary/aromatic N) is 3. The van der Waals surface area contributed by atoms with Crippen LogP contribution in [0.1, 0.15) is 41.4 Å². The van der Waals surface area contributed by atoms with E-state index in [1.54, 1.807) is 19.2 Å². The van der Waals surface area contributed by atoms with E-state index in [9.17, 15) is 9.59 Å². The topological polar surface area (TPSA) is 124 Å². The fourth-order valence-electron chi connectivity index (χ4n) is 2.90. The fraction of sp³-hybridized carbons (Fsp3) is 0.273. The van der Waals surface area contributed by atoms with Crippen LogP contribution < -0.4 is 21.1 Å². The molecule has 1 aromatic heterocycles. The van der Waals surface area contributed by atoms with Gasteiger partial charge in [-0.1, -0.05) is 43.3 Å². The Balaban J connectivity index is 1.56. The van der Waals surface area contributed by atoms with Crippen molar-refractivity contribution >= 4 is 23.3 Å². The van der Waals surface area contributed by atoms with Crippen LogP contribution in [-0.2, 0) is 17.9 Å². The van der Waals surface area contributed by atoms with Gasteiger partial charge in [-0.2, -0.15) is 0 Å². The Labute approximate surface area is 180 Å². The molecule has 0 aliphatic carbocycles. The van der Waals surface area contributed by atoms with Crippen molar-refractivity contribution < 1.29 is 14.3 Å². The summed E-state index contributed by atoms with van der Waals surface area (Å²) in [6, 6.07) is 14.9. The molecule has 0 saturated heterocycles. The molecular formula is C22H26N6O3. The molecule has 9 nitrogen and oxygen atoms in total. The first-order valence-electron chi connectivity index (χ1n) is 9.87. The minimum absolute atomic E-state index is 0.0254. The lowest BCUT2D eigenvalue weighted by atomic mass is 10.0. The maximum absolute atomic E-state index is 12.4. The van der Waals surface area contributed by atoms with Gasteiger partial charge in [-0.15, -0.1) is 5.10 Å². The molecule has 4 N–H and O–H groups in total. The summed E-state index contributed by atoms with van der Waals surface area (Å²) in [4.78, 5) is 24.7. The Morgan fingerprint density at radius 3 is 2.39 bits per heavy atom. The van der Waals surface area contributed by atoms with Crippen molar-refractivity contribution in [1.82, 2.24) is 20.3 Å². The van der Waals surface area contributed by atoms with Gasteiger partial charge in [0.05, 0.1) is 7.11 Å². The Bertz CT molecular complexity index is 1040. The SMILES string of the molecule is COc1ccc(CNC(=O)c2nnn(CC(=O)Nc3ccc(C(C)C)cc3)c2N)cc1. The monoisotopic (exact) mass is 422 g/mol. The van der Waals surface area contributed by atoms with Crippen molar-refractivity contribution in [1.29, 1.82) is 0 Å². The highest BCUT2D eigenvalue weighted by molar-refractivity contribution is 5.96. The zero-order chi connectivity index (χ0) is 22.4. The molecule has 2 aromatic carbocycles. The van der Waals surface area contributed by atoms with E-state index in [2.05, 4.69) is 34.8 Å². The first kappa shape index (κ1) is 21.8. The van der Waals surface area contributed by atoms with E-state index in [1.807, 2.05) is 36.4 Å². The number of nitrogen functional groups attached to an aromatic ring is 1. The van der Waals surface area contributed by atoms with Gasteiger partial charge in [-0.3, -0.25) is 9.59 Å². The molecule has 0 fully saturated rings. The quantitative estimate of drug-likeness (QED) is 0.512. The summed E-state index contributed by atoms with van der Waals surface area (Å²) in [6.45, 7) is 4.34. The average molecular weight is 422 g/mol. The molecule has 31 heavy (non-hydrogen) atoms. The minimum Gasteiger partial charge on any atom is -0.497 e. The summed E-state index contributed by atoms with van der Waals surface area (Å²) in [5, 5.41) is 13.2. The van der Waals surface area contributed by atoms with Crippen molar-refractivity contribution in [2.75, 3.05) is 18.2 Å². The van der Waals surface area contributed by atoms with E-state index in [0.717, 1.165) is 11.3 Å². The number of hydrogen-bond acceptors (Lipinski definition) is 6. The number of rotatable bonds is 8. The van der Waals surface area contributed by atoms with Crippen LogP contribution in [0, 0.1) is 0 Å². The second kappa shape index (κ2) is 9.75. The summed E-state index contributed by atoms with van der Waals surface area (Å²) < 4.78 is 6.30. The Morgan fingerprint density at radius 1 is 1.10 bits per heavy atom. The molecule has 3 aromatic rings. The van der Waals surface area contributed by atoms with Gasteiger partial charge in [0.1, 0.15) is 12.3 Å². The predicted octanol–water partition coefficient (Wildman–Crippen LogP) is 2.56. The van der Waals surface area contributed by atoms with E-state index >= 15 is 0 Å². The molecule has 0 bridgehead atoms. The number of nitrogens with one attached hydrogen (secondary N) is 2. The number of aromatic nitrogens is 3. The second-order valence-corrected chi connectivity index (χ2v) is 7.34. The molecule has 0 saturated carbocycles. The van der Waals surface area contributed by atoms with Gasteiger partial charge in [0, 0.05) is 12.2 Å². The molecule has 0 aliphatic rings. The normalized spacial score (nSPS) is 10.7. The number of nitrogens with two attached hydrogens (primary N) is 1. The maximum atomic E-state index is 12.4. The van der Waals surface area contributed by atoms with Crippen LogP contribution in [0.2, 0.25) is 0 Å². The molecule has 3 rings (SSSR count). The Hall–Kier alpha value is -3.88. The zero-order valence-electron chi connectivity index (χ0n) is 17.8. The van der Waals surface area contributed by atoms with Gasteiger partial charge in [0.15, 0.2) is 11.5 Å². The Morgan fingerprint density at radius 2 is 1.77 bits per heavy atom. The first-order valence-corrected chi connectivity index (χ1v) is 9.87. The zero-order valence-corrected chi connectivity index (χ0v) is 17.8. The fourth-order valence-corrected chi connectivity index (χ4v) is 2.90. The van der Waals surface area contributed by atoms with Crippen molar-refractivity contribution in [2.45, 2.75) is 32.9 Å². The minimum atomic E-state index is -0.468. The van der Waals surface area contributed by atoms with Crippen molar-refractivity contribution in [2.24, 2.45) is 0 Å². The summed E-state index contributed by atoms with van der Waals surface area (Å²) in [5.74, 6) is 0.381. The van der Waals surface area contributed by atoms with Crippen LogP contribution >= 0.6 is 0 Å². The summed E-state index contributed by atoms with van der Waals surface area (Å²) in [5.41, 5.74) is 8.71. The molecule has 0 radical (unpaired) electrons. The van der Waals surface area contributed by atoms with E-state index in [0.29, 0.717) is 18.2 Å². The highest BCUT2D eigenvalue weighted by Gasteiger charge is 2.19. The third-order valence-electron chi connectivity index (χ3n) is 4.76. The molecule has 2 amide bonds. The molecule has 0 atom stereocenters. The molecular weight excluding hydrogens is 396 g/mol. The molecule has 0 spiro atoms. The summed E-state index contributed by atoms with van der Waals surface area (Å²) in [7, 11) is 1.59. The van der Waals surface area contributed by atoms with Crippen molar-refractivity contribution in [3.8, 4) is 5.75 Å². The number of anilines is 2. The number of ether oxygens (including phenoxy) is 1. The third kappa shape index (κ3) is 5.59. The number of benzene rings is 2. The van der Waals surface area contributed by atoms with E-state index in [-0.39, 0.29) is 24.0 Å². The number of amides is 2. The molecule has 0 unspecified atom stereocenters. The standard InChI is InChI=1S/C22H26N6O3/c1-14(2)16-6-8-17(9-7-16)25-19(29)13-28-21(23)20(26-27-28)22(30)24-12-15-4-10-18(31-3)11-5-15/h4-11,14H,12-13,23H2,1-3H3,(H,24,30)(H,25,29). The van der Waals surface area contributed by atoms with Gasteiger partial charge in [-0.05, 0) is 41.3 Å². The Kier molecular flexibility index (Phi) is 6.86. The third-order valence-corrected chi connectivity index (χ3v) is 4.76. The van der Waals surface area contributed by atoms with Crippen LogP contribution in [0.3, 0.4) is 0 Å². The van der Waals surface area contributed by atoms with Crippen molar-refractivity contribution in [3.63, 3.8) is 0 Å². The highest BCUT2D eigenvalue weighted by atomic mass is 16.5. The number of hydrogen-bond donors (Lipinski definition) is 3. The molecule has 9 heteroatoms. The second-order valence-electron chi connectivity index (χ2n) is 7.34. The lowest BCUT2D eigenvalue weighted by Gasteiger charge is -2.09. The van der Waals surface area contributed by atoms with Crippen LogP contribution in [-0.4, -0.2) is 33.9 Å². The van der Waals surface area contributed by atoms with E-state index in [1.165, 1.54) is 10.2 Å². The van der Waals surface area contributed by atoms with Gasteiger partial charge in [0.25, 0.3) is 5.91 Å². The van der Waals surface area contributed by atoms with Crippen molar-refractivity contribution in [3.05, 3.63) is 65.4 Å². The highest BCUT2D eigenvalue weighted by Crippen LogP contribution is 2.17. The maximum Gasteiger partial charge on any atom is 0.275 e. The predicted molar refractivity (Wildman–Crippen MR) is 118 cm³/mol. The number of methoxy groups -OCH3 is 1. The first-order chi connectivity index (χ1) is 14.9. The van der Waals surface area contributed by atoms with Crippen LogP contribution in [0.4, 0.5) is 11.5 Å². The molecule has 162 valence electrons. The smallest absolute Gasteiger partial charge is 0.275 e. The van der Waals surface area contributed by atoms with Gasteiger partial charge in [0.2, 0.25) is 5.91 Å². The van der Waals surface area contributed by atoms with E-state index < -0.39 is 5.91 Å². The lowest BCUT2D eigenvalue weighted by Crippen LogP contribution is -2.25. The summed E-state index contributed by atoms with van der Waals surface area (Å²) in [6.07, 6.45) is 0. The molecule has 1 heterocycles.